The Kier molecular flexibility index (Phi) is 2.95. The van der Waals surface area contributed by atoms with Gasteiger partial charge in [0.15, 0.2) is 0 Å². The summed E-state index contributed by atoms with van der Waals surface area (Å²) in [6.45, 7) is 1.29. The molecule has 19 heavy (non-hydrogen) atoms. The van der Waals surface area contributed by atoms with Gasteiger partial charge < -0.3 is 10.6 Å². The molecule has 0 aromatic heterocycles. The van der Waals surface area contributed by atoms with Crippen LogP contribution in [0.15, 0.2) is 42.5 Å². The standard InChI is InChI=1S/C15H14F2N2/c16-11-3-1-10(2-4-11)8-19-9-14(18)13-7-12(17)5-6-15(13)19/h1-7,14H,8-9,18H2. The molecule has 0 fully saturated rings. The second-order valence-electron chi connectivity index (χ2n) is 4.82. The molecular formula is C15H14F2N2. The van der Waals surface area contributed by atoms with Crippen LogP contribution < -0.4 is 10.6 Å². The third-order valence-electron chi connectivity index (χ3n) is 3.43. The molecule has 98 valence electrons. The second kappa shape index (κ2) is 4.63. The molecule has 0 saturated carbocycles. The monoisotopic (exact) mass is 260 g/mol. The molecule has 0 bridgehead atoms. The lowest BCUT2D eigenvalue weighted by molar-refractivity contribution is 0.623. The summed E-state index contributed by atoms with van der Waals surface area (Å²) in [6.07, 6.45) is 0. The molecule has 0 aliphatic carbocycles. The van der Waals surface area contributed by atoms with Gasteiger partial charge in [-0.25, -0.2) is 8.78 Å². The van der Waals surface area contributed by atoms with Crippen molar-refractivity contribution in [3.8, 4) is 0 Å². The molecule has 0 spiro atoms. The molecule has 0 amide bonds. The van der Waals surface area contributed by atoms with Crippen LogP contribution in [0.4, 0.5) is 14.5 Å². The molecule has 1 unspecified atom stereocenters. The van der Waals surface area contributed by atoms with Gasteiger partial charge in [-0.15, -0.1) is 0 Å². The third-order valence-corrected chi connectivity index (χ3v) is 3.43. The number of hydrogen-bond donors (Lipinski definition) is 1. The summed E-state index contributed by atoms with van der Waals surface area (Å²) in [4.78, 5) is 2.09. The van der Waals surface area contributed by atoms with Crippen LogP contribution in [0.3, 0.4) is 0 Å². The average molecular weight is 260 g/mol. The van der Waals surface area contributed by atoms with Crippen molar-refractivity contribution in [1.29, 1.82) is 0 Å². The molecule has 0 saturated heterocycles. The number of nitrogens with two attached hydrogens (primary N) is 1. The molecular weight excluding hydrogens is 246 g/mol. The van der Waals surface area contributed by atoms with E-state index in [4.69, 9.17) is 5.73 Å². The first-order chi connectivity index (χ1) is 9.13. The Hall–Kier alpha value is -1.94. The van der Waals surface area contributed by atoms with Gasteiger partial charge in [-0.2, -0.15) is 0 Å². The highest BCUT2D eigenvalue weighted by Crippen LogP contribution is 2.34. The van der Waals surface area contributed by atoms with Crippen LogP contribution in [0, 0.1) is 11.6 Å². The summed E-state index contributed by atoms with van der Waals surface area (Å²) in [6, 6.07) is 10.9. The fourth-order valence-electron chi connectivity index (χ4n) is 2.50. The fourth-order valence-corrected chi connectivity index (χ4v) is 2.50. The Morgan fingerprint density at radius 2 is 1.74 bits per heavy atom. The van der Waals surface area contributed by atoms with Crippen LogP contribution in [-0.4, -0.2) is 6.54 Å². The van der Waals surface area contributed by atoms with E-state index in [2.05, 4.69) is 4.90 Å². The number of hydrogen-bond acceptors (Lipinski definition) is 2. The molecule has 2 aromatic rings. The van der Waals surface area contributed by atoms with Crippen LogP contribution in [0.1, 0.15) is 17.2 Å². The highest BCUT2D eigenvalue weighted by atomic mass is 19.1. The summed E-state index contributed by atoms with van der Waals surface area (Å²) >= 11 is 0. The van der Waals surface area contributed by atoms with Crippen LogP contribution in [-0.2, 0) is 6.54 Å². The van der Waals surface area contributed by atoms with Crippen molar-refractivity contribution in [3.05, 3.63) is 65.2 Å². The lowest BCUT2D eigenvalue weighted by Crippen LogP contribution is -2.23. The van der Waals surface area contributed by atoms with Crippen LogP contribution in [0.5, 0.6) is 0 Å². The van der Waals surface area contributed by atoms with Crippen molar-refractivity contribution in [3.63, 3.8) is 0 Å². The lowest BCUT2D eigenvalue weighted by atomic mass is 10.1. The smallest absolute Gasteiger partial charge is 0.123 e. The molecule has 3 rings (SSSR count). The maximum absolute atomic E-state index is 13.2. The van der Waals surface area contributed by atoms with Crippen LogP contribution >= 0.6 is 0 Å². The van der Waals surface area contributed by atoms with E-state index in [0.717, 1.165) is 16.8 Å². The molecule has 1 atom stereocenters. The van der Waals surface area contributed by atoms with E-state index in [9.17, 15) is 8.78 Å². The summed E-state index contributed by atoms with van der Waals surface area (Å²) in [5, 5.41) is 0. The first kappa shape index (κ1) is 12.1. The minimum Gasteiger partial charge on any atom is -0.365 e. The number of nitrogens with zero attached hydrogens (tertiary/aromatic N) is 1. The zero-order chi connectivity index (χ0) is 13.4. The van der Waals surface area contributed by atoms with Crippen molar-refractivity contribution in [2.75, 3.05) is 11.4 Å². The summed E-state index contributed by atoms with van der Waals surface area (Å²) in [7, 11) is 0. The summed E-state index contributed by atoms with van der Waals surface area (Å²) in [5.74, 6) is -0.512. The van der Waals surface area contributed by atoms with Gasteiger partial charge in [0.1, 0.15) is 11.6 Å². The van der Waals surface area contributed by atoms with E-state index < -0.39 is 0 Å². The van der Waals surface area contributed by atoms with E-state index in [0.29, 0.717) is 13.1 Å². The summed E-state index contributed by atoms with van der Waals surface area (Å²) < 4.78 is 26.1. The normalized spacial score (nSPS) is 17.6. The number of anilines is 1. The number of halogens is 2. The van der Waals surface area contributed by atoms with Gasteiger partial charge in [0, 0.05) is 24.8 Å². The first-order valence-electron chi connectivity index (χ1n) is 6.18. The second-order valence-corrected chi connectivity index (χ2v) is 4.82. The number of fused-ring (bicyclic) bond motifs is 1. The molecule has 2 aromatic carbocycles. The van der Waals surface area contributed by atoms with Crippen molar-refractivity contribution in [1.82, 2.24) is 0 Å². The Bertz CT molecular complexity index is 596. The predicted octanol–water partition coefficient (Wildman–Crippen LogP) is 2.98. The Morgan fingerprint density at radius 3 is 2.47 bits per heavy atom. The van der Waals surface area contributed by atoms with Gasteiger partial charge in [0.05, 0.1) is 0 Å². The minimum absolute atomic E-state index is 0.175. The highest BCUT2D eigenvalue weighted by Gasteiger charge is 2.26. The minimum atomic E-state index is -0.266. The van der Waals surface area contributed by atoms with Crippen molar-refractivity contribution in [2.24, 2.45) is 5.73 Å². The van der Waals surface area contributed by atoms with Gasteiger partial charge in [-0.1, -0.05) is 12.1 Å². The van der Waals surface area contributed by atoms with Gasteiger partial charge in [0.25, 0.3) is 0 Å². The SMILES string of the molecule is NC1CN(Cc2ccc(F)cc2)c2ccc(F)cc21. The molecule has 1 aliphatic heterocycles. The van der Waals surface area contributed by atoms with E-state index in [1.54, 1.807) is 18.2 Å². The third kappa shape index (κ3) is 2.31. The van der Waals surface area contributed by atoms with E-state index in [-0.39, 0.29) is 17.7 Å². The van der Waals surface area contributed by atoms with Crippen molar-refractivity contribution in [2.45, 2.75) is 12.6 Å². The molecule has 2 nitrogen and oxygen atoms in total. The Balaban J connectivity index is 1.86. The molecule has 2 N–H and O–H groups in total. The molecule has 0 radical (unpaired) electrons. The molecule has 4 heteroatoms. The molecule has 1 aliphatic rings. The van der Waals surface area contributed by atoms with Crippen molar-refractivity contribution >= 4 is 5.69 Å². The quantitative estimate of drug-likeness (QED) is 0.899. The fraction of sp³-hybridized carbons (Fsp3) is 0.200. The maximum atomic E-state index is 13.2. The average Bonchev–Trinajstić information content (AvgIpc) is 2.69. The summed E-state index contributed by atoms with van der Waals surface area (Å²) in [5.41, 5.74) is 8.81. The van der Waals surface area contributed by atoms with Gasteiger partial charge in [-0.3, -0.25) is 0 Å². The predicted molar refractivity (Wildman–Crippen MR) is 70.8 cm³/mol. The number of benzene rings is 2. The van der Waals surface area contributed by atoms with Crippen LogP contribution in [0.25, 0.3) is 0 Å². The zero-order valence-electron chi connectivity index (χ0n) is 10.3. The van der Waals surface area contributed by atoms with E-state index in [1.807, 2.05) is 0 Å². The Morgan fingerprint density at radius 1 is 1.05 bits per heavy atom. The maximum Gasteiger partial charge on any atom is 0.123 e. The van der Waals surface area contributed by atoms with Crippen molar-refractivity contribution < 1.29 is 8.78 Å². The van der Waals surface area contributed by atoms with Gasteiger partial charge >= 0.3 is 0 Å². The highest BCUT2D eigenvalue weighted by molar-refractivity contribution is 5.60. The number of rotatable bonds is 2. The van der Waals surface area contributed by atoms with Crippen LogP contribution in [0.2, 0.25) is 0 Å². The van der Waals surface area contributed by atoms with Gasteiger partial charge in [-0.05, 0) is 41.5 Å². The van der Waals surface area contributed by atoms with Gasteiger partial charge in [0.2, 0.25) is 0 Å². The zero-order valence-corrected chi connectivity index (χ0v) is 10.3. The van der Waals surface area contributed by atoms with E-state index >= 15 is 0 Å². The molecule has 1 heterocycles. The Labute approximate surface area is 110 Å². The largest absolute Gasteiger partial charge is 0.365 e. The van der Waals surface area contributed by atoms with E-state index in [1.165, 1.54) is 24.3 Å². The lowest BCUT2D eigenvalue weighted by Gasteiger charge is -2.19. The topological polar surface area (TPSA) is 29.3 Å². The first-order valence-corrected chi connectivity index (χ1v) is 6.18.